The molecule has 0 atom stereocenters. The average Bonchev–Trinajstić information content (AvgIpc) is 2.84. The molecule has 1 heterocycles. The van der Waals surface area contributed by atoms with E-state index in [1.807, 2.05) is 30.3 Å². The number of rotatable bonds is 9. The Morgan fingerprint density at radius 2 is 1.64 bits per heavy atom. The van der Waals surface area contributed by atoms with Crippen LogP contribution in [0.25, 0.3) is 6.08 Å². The molecule has 0 aliphatic carbocycles. The lowest BCUT2D eigenvalue weighted by molar-refractivity contribution is -0.141. The van der Waals surface area contributed by atoms with Crippen LogP contribution in [0.5, 0.6) is 11.5 Å². The number of ether oxygens (including phenoxy) is 2. The fraction of sp³-hybridized carbons (Fsp3) is 0.296. The zero-order valence-electron chi connectivity index (χ0n) is 19.3. The maximum Gasteiger partial charge on any atom is 0.271 e. The molecule has 6 nitrogen and oxygen atoms in total. The van der Waals surface area contributed by atoms with Crippen molar-refractivity contribution in [3.05, 3.63) is 76.4 Å². The third-order valence-corrected chi connectivity index (χ3v) is 5.53. The molecule has 0 bridgehead atoms. The smallest absolute Gasteiger partial charge is 0.271 e. The van der Waals surface area contributed by atoms with Gasteiger partial charge in [-0.3, -0.25) is 14.5 Å². The highest BCUT2D eigenvalue weighted by molar-refractivity contribution is 6.19. The topological polar surface area (TPSA) is 79.6 Å². The van der Waals surface area contributed by atoms with Crippen LogP contribution in [0.15, 0.2) is 65.3 Å². The predicted molar refractivity (Wildman–Crippen MR) is 126 cm³/mol. The largest absolute Gasteiger partial charge is 0.497 e. The van der Waals surface area contributed by atoms with Gasteiger partial charge in [-0.1, -0.05) is 44.0 Å². The van der Waals surface area contributed by atoms with E-state index in [0.717, 1.165) is 41.0 Å². The first-order chi connectivity index (χ1) is 16.0. The summed E-state index contributed by atoms with van der Waals surface area (Å²) in [5.41, 5.74) is 2.24. The van der Waals surface area contributed by atoms with E-state index in [0.29, 0.717) is 23.5 Å². The molecule has 0 spiro atoms. The summed E-state index contributed by atoms with van der Waals surface area (Å²) in [5, 5.41) is 9.58. The van der Waals surface area contributed by atoms with Gasteiger partial charge in [-0.25, -0.2) is 0 Å². The van der Waals surface area contributed by atoms with Crippen LogP contribution in [0.3, 0.4) is 0 Å². The Kier molecular flexibility index (Phi) is 8.04. The summed E-state index contributed by atoms with van der Waals surface area (Å²) in [6.07, 6.45) is 4.99. The molecule has 170 valence electrons. The van der Waals surface area contributed by atoms with Gasteiger partial charge >= 0.3 is 0 Å². The Bertz CT molecular complexity index is 1110. The minimum atomic E-state index is -0.580. The summed E-state index contributed by atoms with van der Waals surface area (Å²) in [6.45, 7) is 4.52. The fourth-order valence-electron chi connectivity index (χ4n) is 3.56. The van der Waals surface area contributed by atoms with Gasteiger partial charge < -0.3 is 9.47 Å². The monoisotopic (exact) mass is 444 g/mol. The SMILES string of the molecule is CCCCCOc1ccc(/C=C2/C(=O)N(Cc3ccc(OC)cc3)C(=O)C(C#N)=C2C)cc1. The van der Waals surface area contributed by atoms with E-state index in [2.05, 4.69) is 6.92 Å². The summed E-state index contributed by atoms with van der Waals surface area (Å²) < 4.78 is 10.9. The second kappa shape index (κ2) is 11.1. The second-order valence-corrected chi connectivity index (χ2v) is 7.84. The molecule has 0 unspecified atom stereocenters. The Hall–Kier alpha value is -3.85. The minimum Gasteiger partial charge on any atom is -0.497 e. The minimum absolute atomic E-state index is 0.0229. The molecular weight excluding hydrogens is 416 g/mol. The first-order valence-electron chi connectivity index (χ1n) is 11.0. The summed E-state index contributed by atoms with van der Waals surface area (Å²) in [5.74, 6) is 0.447. The molecule has 0 radical (unpaired) electrons. The lowest BCUT2D eigenvalue weighted by atomic mass is 9.93. The number of nitriles is 1. The Balaban J connectivity index is 1.84. The molecule has 0 N–H and O–H groups in total. The Morgan fingerprint density at radius 1 is 0.970 bits per heavy atom. The van der Waals surface area contributed by atoms with Crippen molar-refractivity contribution in [2.24, 2.45) is 0 Å². The van der Waals surface area contributed by atoms with E-state index in [1.54, 1.807) is 44.4 Å². The number of benzene rings is 2. The van der Waals surface area contributed by atoms with Crippen LogP contribution in [0.1, 0.15) is 44.2 Å². The van der Waals surface area contributed by atoms with Crippen LogP contribution in [0.2, 0.25) is 0 Å². The average molecular weight is 445 g/mol. The summed E-state index contributed by atoms with van der Waals surface area (Å²) in [4.78, 5) is 27.2. The van der Waals surface area contributed by atoms with E-state index < -0.39 is 11.8 Å². The Labute approximate surface area is 194 Å². The van der Waals surface area contributed by atoms with Gasteiger partial charge in [-0.2, -0.15) is 5.26 Å². The van der Waals surface area contributed by atoms with Crippen molar-refractivity contribution < 1.29 is 19.1 Å². The van der Waals surface area contributed by atoms with Crippen LogP contribution in [-0.2, 0) is 16.1 Å². The van der Waals surface area contributed by atoms with Crippen molar-refractivity contribution in [1.82, 2.24) is 4.90 Å². The van der Waals surface area contributed by atoms with Crippen molar-refractivity contribution in [2.75, 3.05) is 13.7 Å². The van der Waals surface area contributed by atoms with Crippen molar-refractivity contribution in [1.29, 1.82) is 5.26 Å². The fourth-order valence-corrected chi connectivity index (χ4v) is 3.56. The zero-order valence-corrected chi connectivity index (χ0v) is 19.3. The van der Waals surface area contributed by atoms with Gasteiger partial charge in [-0.05, 0) is 60.4 Å². The van der Waals surface area contributed by atoms with Gasteiger partial charge in [0, 0.05) is 5.57 Å². The summed E-state index contributed by atoms with van der Waals surface area (Å²) >= 11 is 0. The molecule has 2 aromatic carbocycles. The highest BCUT2D eigenvalue weighted by Crippen LogP contribution is 2.29. The number of nitrogens with zero attached hydrogens (tertiary/aromatic N) is 2. The second-order valence-electron chi connectivity index (χ2n) is 7.84. The lowest BCUT2D eigenvalue weighted by Gasteiger charge is -2.27. The highest BCUT2D eigenvalue weighted by atomic mass is 16.5. The standard InChI is InChI=1S/C27H28N2O4/c1-4-5-6-15-33-23-13-7-20(8-14-23)16-24-19(2)25(17-28)27(31)29(26(24)30)18-21-9-11-22(32-3)12-10-21/h7-14,16H,4-6,15,18H2,1-3H3/b24-16+. The first kappa shape index (κ1) is 23.8. The number of hydrogen-bond donors (Lipinski definition) is 0. The summed E-state index contributed by atoms with van der Waals surface area (Å²) in [6, 6.07) is 16.5. The highest BCUT2D eigenvalue weighted by Gasteiger charge is 2.35. The molecule has 0 saturated heterocycles. The van der Waals surface area contributed by atoms with Crippen molar-refractivity contribution in [3.63, 3.8) is 0 Å². The molecule has 2 amide bonds. The Morgan fingerprint density at radius 3 is 2.24 bits per heavy atom. The van der Waals surface area contributed by atoms with E-state index in [9.17, 15) is 14.9 Å². The quantitative estimate of drug-likeness (QED) is 0.307. The van der Waals surface area contributed by atoms with Gasteiger partial charge in [0.15, 0.2) is 0 Å². The van der Waals surface area contributed by atoms with Crippen LogP contribution >= 0.6 is 0 Å². The van der Waals surface area contributed by atoms with E-state index >= 15 is 0 Å². The van der Waals surface area contributed by atoms with Gasteiger partial charge in [0.05, 0.1) is 20.3 Å². The number of hydrogen-bond acceptors (Lipinski definition) is 5. The first-order valence-corrected chi connectivity index (χ1v) is 11.0. The maximum atomic E-state index is 13.3. The number of unbranched alkanes of at least 4 members (excludes halogenated alkanes) is 2. The van der Waals surface area contributed by atoms with Crippen molar-refractivity contribution in [3.8, 4) is 17.6 Å². The molecule has 6 heteroatoms. The maximum absolute atomic E-state index is 13.3. The van der Waals surface area contributed by atoms with Crippen LogP contribution in [0.4, 0.5) is 0 Å². The number of methoxy groups -OCH3 is 1. The van der Waals surface area contributed by atoms with E-state index in [4.69, 9.17) is 9.47 Å². The molecule has 0 fully saturated rings. The van der Waals surface area contributed by atoms with Gasteiger partial charge in [0.25, 0.3) is 11.8 Å². The van der Waals surface area contributed by atoms with Crippen LogP contribution in [-0.4, -0.2) is 30.4 Å². The van der Waals surface area contributed by atoms with Crippen LogP contribution < -0.4 is 9.47 Å². The number of amides is 2. The molecule has 3 rings (SSSR count). The summed E-state index contributed by atoms with van der Waals surface area (Å²) in [7, 11) is 1.57. The van der Waals surface area contributed by atoms with Crippen molar-refractivity contribution >= 4 is 17.9 Å². The molecule has 1 aliphatic heterocycles. The molecule has 33 heavy (non-hydrogen) atoms. The molecule has 0 saturated carbocycles. The van der Waals surface area contributed by atoms with E-state index in [1.165, 1.54) is 0 Å². The number of imide groups is 1. The molecular formula is C27H28N2O4. The van der Waals surface area contributed by atoms with Crippen LogP contribution in [0, 0.1) is 11.3 Å². The normalized spacial score (nSPS) is 15.1. The van der Waals surface area contributed by atoms with Crippen molar-refractivity contribution in [2.45, 2.75) is 39.7 Å². The van der Waals surface area contributed by atoms with E-state index in [-0.39, 0.29) is 12.1 Å². The molecule has 1 aliphatic rings. The molecule has 0 aromatic heterocycles. The number of carbonyl (C=O) groups is 2. The number of carbonyl (C=O) groups excluding carboxylic acids is 2. The van der Waals surface area contributed by atoms with Gasteiger partial charge in [-0.15, -0.1) is 0 Å². The third kappa shape index (κ3) is 5.69. The zero-order chi connectivity index (χ0) is 23.8. The molecule has 2 aromatic rings. The lowest BCUT2D eigenvalue weighted by Crippen LogP contribution is -2.42. The predicted octanol–water partition coefficient (Wildman–Crippen LogP) is 5.06. The van der Waals surface area contributed by atoms with Gasteiger partial charge in [0.1, 0.15) is 23.1 Å². The third-order valence-electron chi connectivity index (χ3n) is 5.53. The van der Waals surface area contributed by atoms with Gasteiger partial charge in [0.2, 0.25) is 0 Å².